The second-order valence-corrected chi connectivity index (χ2v) is 8.28. The molecule has 2 N–H and O–H groups in total. The summed E-state index contributed by atoms with van der Waals surface area (Å²) in [5, 5.41) is 6.65. The van der Waals surface area contributed by atoms with Gasteiger partial charge in [0.1, 0.15) is 5.75 Å². The van der Waals surface area contributed by atoms with Crippen LogP contribution < -0.4 is 24.8 Å². The lowest BCUT2D eigenvalue weighted by Crippen LogP contribution is -2.20. The van der Waals surface area contributed by atoms with Crippen LogP contribution in [0.5, 0.6) is 17.2 Å². The summed E-state index contributed by atoms with van der Waals surface area (Å²) in [6.45, 7) is 2.38. The smallest absolute Gasteiger partial charge is 0.262 e. The average molecular weight is 520 g/mol. The maximum Gasteiger partial charge on any atom is 0.262 e. The van der Waals surface area contributed by atoms with Gasteiger partial charge in [-0.2, -0.15) is 0 Å². The van der Waals surface area contributed by atoms with Gasteiger partial charge in [0, 0.05) is 17.9 Å². The molecule has 0 heterocycles. The second-order valence-electron chi connectivity index (χ2n) is 7.01. The Morgan fingerprint density at radius 2 is 1.66 bits per heavy atom. The van der Waals surface area contributed by atoms with Crippen molar-refractivity contribution in [3.8, 4) is 17.2 Å². The van der Waals surface area contributed by atoms with Crippen molar-refractivity contribution in [3.63, 3.8) is 0 Å². The van der Waals surface area contributed by atoms with Crippen LogP contribution in [0.25, 0.3) is 0 Å². The van der Waals surface area contributed by atoms with Crippen molar-refractivity contribution in [1.29, 1.82) is 0 Å². The highest BCUT2D eigenvalue weighted by molar-refractivity contribution is 9.10. The number of ether oxygens (including phenoxy) is 3. The molecule has 0 aromatic heterocycles. The Labute approximate surface area is 201 Å². The normalized spacial score (nSPS) is 10.4. The van der Waals surface area contributed by atoms with E-state index in [-0.39, 0.29) is 12.5 Å². The lowest BCUT2D eigenvalue weighted by Gasteiger charge is -2.15. The molecule has 8 heteroatoms. The monoisotopic (exact) mass is 518 g/mol. The molecule has 3 aromatic rings. The van der Waals surface area contributed by atoms with E-state index in [1.54, 1.807) is 26.4 Å². The zero-order chi connectivity index (χ0) is 23.1. The van der Waals surface area contributed by atoms with Crippen LogP contribution in [0.3, 0.4) is 0 Å². The number of carbonyl (C=O) groups is 1. The fourth-order valence-corrected chi connectivity index (χ4v) is 3.83. The van der Waals surface area contributed by atoms with Crippen LogP contribution in [0.15, 0.2) is 59.1 Å². The summed E-state index contributed by atoms with van der Waals surface area (Å²) >= 11 is 9.70. The fraction of sp³-hybridized carbons (Fsp3) is 0.208. The van der Waals surface area contributed by atoms with Gasteiger partial charge in [-0.3, -0.25) is 4.79 Å². The molecule has 0 atom stereocenters. The van der Waals surface area contributed by atoms with Crippen molar-refractivity contribution in [2.45, 2.75) is 13.5 Å². The number of rotatable bonds is 9. The molecule has 168 valence electrons. The van der Waals surface area contributed by atoms with E-state index in [2.05, 4.69) is 26.6 Å². The fourth-order valence-electron chi connectivity index (χ4n) is 2.97. The van der Waals surface area contributed by atoms with Crippen LogP contribution in [-0.4, -0.2) is 26.7 Å². The summed E-state index contributed by atoms with van der Waals surface area (Å²) in [6, 6.07) is 16.8. The minimum Gasteiger partial charge on any atom is -0.495 e. The summed E-state index contributed by atoms with van der Waals surface area (Å²) in [7, 11) is 3.13. The first-order valence-electron chi connectivity index (χ1n) is 9.82. The third-order valence-electron chi connectivity index (χ3n) is 4.62. The number of anilines is 2. The number of halogens is 2. The molecule has 0 bridgehead atoms. The predicted octanol–water partition coefficient (Wildman–Crippen LogP) is 6.06. The Kier molecular flexibility index (Phi) is 8.25. The lowest BCUT2D eigenvalue weighted by atomic mass is 10.2. The van der Waals surface area contributed by atoms with Gasteiger partial charge in [0.05, 0.1) is 23.7 Å². The van der Waals surface area contributed by atoms with Crippen LogP contribution in [0.2, 0.25) is 5.02 Å². The van der Waals surface area contributed by atoms with Crippen molar-refractivity contribution in [2.24, 2.45) is 0 Å². The molecule has 0 saturated heterocycles. The Balaban J connectivity index is 1.63. The molecule has 0 aliphatic rings. The quantitative estimate of drug-likeness (QED) is 0.360. The number of hydrogen-bond donors (Lipinski definition) is 2. The number of benzene rings is 3. The van der Waals surface area contributed by atoms with Gasteiger partial charge in [-0.05, 0) is 70.9 Å². The summed E-state index contributed by atoms with van der Waals surface area (Å²) in [4.78, 5) is 12.3. The average Bonchev–Trinajstić information content (AvgIpc) is 2.78. The van der Waals surface area contributed by atoms with Gasteiger partial charge < -0.3 is 24.8 Å². The Hall–Kier alpha value is -2.90. The molecule has 0 aliphatic heterocycles. The van der Waals surface area contributed by atoms with E-state index < -0.39 is 0 Å². The highest BCUT2D eigenvalue weighted by atomic mass is 79.9. The molecule has 6 nitrogen and oxygen atoms in total. The molecule has 0 fully saturated rings. The second kappa shape index (κ2) is 11.1. The summed E-state index contributed by atoms with van der Waals surface area (Å²) in [6.07, 6.45) is 0. The molecule has 1 amide bonds. The first-order valence-corrected chi connectivity index (χ1v) is 11.0. The van der Waals surface area contributed by atoms with Crippen LogP contribution in [0.1, 0.15) is 11.1 Å². The third-order valence-corrected chi connectivity index (χ3v) is 5.50. The molecular weight excluding hydrogens is 496 g/mol. The maximum absolute atomic E-state index is 12.3. The Morgan fingerprint density at radius 1 is 0.969 bits per heavy atom. The van der Waals surface area contributed by atoms with Crippen LogP contribution >= 0.6 is 27.5 Å². The zero-order valence-corrected chi connectivity index (χ0v) is 20.3. The Bertz CT molecular complexity index is 1090. The predicted molar refractivity (Wildman–Crippen MR) is 131 cm³/mol. The lowest BCUT2D eigenvalue weighted by molar-refractivity contribution is -0.118. The molecule has 0 unspecified atom stereocenters. The number of nitrogens with one attached hydrogen (secondary N) is 2. The van der Waals surface area contributed by atoms with E-state index in [1.165, 1.54) is 0 Å². The molecule has 0 spiro atoms. The molecular formula is C24H24BrClN2O4. The van der Waals surface area contributed by atoms with Gasteiger partial charge in [0.25, 0.3) is 5.91 Å². The van der Waals surface area contributed by atoms with E-state index in [1.807, 2.05) is 49.4 Å². The first kappa shape index (κ1) is 23.8. The van der Waals surface area contributed by atoms with E-state index in [4.69, 9.17) is 25.8 Å². The number of methoxy groups -OCH3 is 2. The first-order chi connectivity index (χ1) is 15.4. The number of hydrogen-bond acceptors (Lipinski definition) is 5. The highest BCUT2D eigenvalue weighted by Gasteiger charge is 2.14. The van der Waals surface area contributed by atoms with Crippen molar-refractivity contribution in [1.82, 2.24) is 0 Å². The van der Waals surface area contributed by atoms with E-state index in [0.29, 0.717) is 33.3 Å². The molecule has 3 aromatic carbocycles. The summed E-state index contributed by atoms with van der Waals surface area (Å²) in [5.41, 5.74) is 3.66. The van der Waals surface area contributed by atoms with Gasteiger partial charge in [0.15, 0.2) is 18.1 Å². The minimum atomic E-state index is -0.259. The third kappa shape index (κ3) is 6.31. The molecule has 0 radical (unpaired) electrons. The molecule has 0 aliphatic carbocycles. The number of carbonyl (C=O) groups excluding carboxylic acids is 1. The van der Waals surface area contributed by atoms with E-state index in [0.717, 1.165) is 22.5 Å². The number of amides is 1. The molecule has 0 saturated carbocycles. The van der Waals surface area contributed by atoms with Crippen molar-refractivity contribution >= 4 is 44.8 Å². The van der Waals surface area contributed by atoms with Gasteiger partial charge in [-0.25, -0.2) is 0 Å². The van der Waals surface area contributed by atoms with E-state index >= 15 is 0 Å². The number of aryl methyl sites for hydroxylation is 1. The summed E-state index contributed by atoms with van der Waals surface area (Å²) in [5.74, 6) is 1.34. The Morgan fingerprint density at radius 3 is 2.31 bits per heavy atom. The van der Waals surface area contributed by atoms with Crippen molar-refractivity contribution in [2.75, 3.05) is 31.5 Å². The van der Waals surface area contributed by atoms with E-state index in [9.17, 15) is 4.79 Å². The SMILES string of the molecule is COc1ccc(NCc2cc(Br)c(OCC(=O)Nc3ccc(C)cc3)c(OC)c2)cc1Cl. The topological polar surface area (TPSA) is 68.8 Å². The highest BCUT2D eigenvalue weighted by Crippen LogP contribution is 2.37. The van der Waals surface area contributed by atoms with Gasteiger partial charge in [0.2, 0.25) is 0 Å². The van der Waals surface area contributed by atoms with Crippen LogP contribution in [0, 0.1) is 6.92 Å². The van der Waals surface area contributed by atoms with Crippen molar-refractivity contribution in [3.05, 3.63) is 75.2 Å². The standard InChI is InChI=1S/C24H24BrClN2O4/c1-15-4-6-17(7-5-15)28-23(29)14-32-24-19(25)10-16(11-22(24)31-3)13-27-18-8-9-21(30-2)20(26)12-18/h4-12,27H,13-14H2,1-3H3,(H,28,29). The minimum absolute atomic E-state index is 0.148. The van der Waals surface area contributed by atoms with Crippen LogP contribution in [-0.2, 0) is 11.3 Å². The largest absolute Gasteiger partial charge is 0.495 e. The van der Waals surface area contributed by atoms with Crippen molar-refractivity contribution < 1.29 is 19.0 Å². The van der Waals surface area contributed by atoms with Gasteiger partial charge in [-0.15, -0.1) is 0 Å². The maximum atomic E-state index is 12.3. The molecule has 3 rings (SSSR count). The zero-order valence-electron chi connectivity index (χ0n) is 18.0. The van der Waals surface area contributed by atoms with Gasteiger partial charge in [-0.1, -0.05) is 29.3 Å². The van der Waals surface area contributed by atoms with Gasteiger partial charge >= 0.3 is 0 Å². The molecule has 32 heavy (non-hydrogen) atoms. The van der Waals surface area contributed by atoms with Crippen LogP contribution in [0.4, 0.5) is 11.4 Å². The summed E-state index contributed by atoms with van der Waals surface area (Å²) < 4.78 is 17.1.